The van der Waals surface area contributed by atoms with Gasteiger partial charge in [0.25, 0.3) is 0 Å². The van der Waals surface area contributed by atoms with Crippen LogP contribution in [0.3, 0.4) is 0 Å². The van der Waals surface area contributed by atoms with Crippen molar-refractivity contribution in [1.82, 2.24) is 10.2 Å². The van der Waals surface area contributed by atoms with Crippen LogP contribution in [0, 0.1) is 5.41 Å². The Balaban J connectivity index is 1.40. The first-order valence-corrected chi connectivity index (χ1v) is 9.48. The van der Waals surface area contributed by atoms with Crippen LogP contribution in [-0.4, -0.2) is 36.5 Å². The SMILES string of the molecule is O=C(OCc1ccccc1)N1CCC2(CC1)C(=O)NC[C@@H]2c1ccccc1. The molecule has 2 amide bonds. The molecule has 5 heteroatoms. The summed E-state index contributed by atoms with van der Waals surface area (Å²) in [7, 11) is 0. The Kier molecular flexibility index (Phi) is 4.84. The van der Waals surface area contributed by atoms with E-state index >= 15 is 0 Å². The number of amides is 2. The minimum absolute atomic E-state index is 0.119. The lowest BCUT2D eigenvalue weighted by Crippen LogP contribution is -2.48. The minimum Gasteiger partial charge on any atom is -0.445 e. The second-order valence-corrected chi connectivity index (χ2v) is 7.36. The maximum atomic E-state index is 12.7. The fourth-order valence-electron chi connectivity index (χ4n) is 4.32. The van der Waals surface area contributed by atoms with E-state index in [0.717, 1.165) is 5.56 Å². The molecule has 0 bridgehead atoms. The molecule has 2 saturated heterocycles. The average molecular weight is 364 g/mol. The van der Waals surface area contributed by atoms with Gasteiger partial charge >= 0.3 is 6.09 Å². The van der Waals surface area contributed by atoms with Crippen LogP contribution < -0.4 is 5.32 Å². The predicted octanol–water partition coefficient (Wildman–Crippen LogP) is 3.32. The van der Waals surface area contributed by atoms with E-state index in [4.69, 9.17) is 4.74 Å². The van der Waals surface area contributed by atoms with Gasteiger partial charge in [0.2, 0.25) is 5.91 Å². The molecule has 4 rings (SSSR count). The molecule has 2 aliphatic heterocycles. The van der Waals surface area contributed by atoms with Gasteiger partial charge in [-0.15, -0.1) is 0 Å². The molecule has 1 spiro atoms. The van der Waals surface area contributed by atoms with Crippen LogP contribution in [0.4, 0.5) is 4.79 Å². The summed E-state index contributed by atoms with van der Waals surface area (Å²) in [6, 6.07) is 19.9. The summed E-state index contributed by atoms with van der Waals surface area (Å²) in [4.78, 5) is 26.8. The summed E-state index contributed by atoms with van der Waals surface area (Å²) >= 11 is 0. The molecule has 0 unspecified atom stereocenters. The molecular weight excluding hydrogens is 340 g/mol. The van der Waals surface area contributed by atoms with E-state index < -0.39 is 5.41 Å². The first-order chi connectivity index (χ1) is 13.2. The number of carbonyl (C=O) groups is 2. The summed E-state index contributed by atoms with van der Waals surface area (Å²) < 4.78 is 5.44. The standard InChI is InChI=1S/C22H24N2O3/c25-20-22(19(15-23-20)18-9-5-2-6-10-18)11-13-24(14-12-22)21(26)27-16-17-7-3-1-4-8-17/h1-10,19H,11-16H2,(H,23,25)/t19-/m1/s1. The molecule has 140 valence electrons. The lowest BCUT2D eigenvalue weighted by Gasteiger charge is -2.40. The van der Waals surface area contributed by atoms with Crippen molar-refractivity contribution >= 4 is 12.0 Å². The highest BCUT2D eigenvalue weighted by Gasteiger charge is 2.52. The smallest absolute Gasteiger partial charge is 0.410 e. The van der Waals surface area contributed by atoms with Gasteiger partial charge in [0.05, 0.1) is 5.41 Å². The van der Waals surface area contributed by atoms with Crippen molar-refractivity contribution in [3.05, 3.63) is 71.8 Å². The van der Waals surface area contributed by atoms with Crippen LogP contribution in [0.25, 0.3) is 0 Å². The quantitative estimate of drug-likeness (QED) is 0.909. The first kappa shape index (κ1) is 17.6. The molecule has 2 aromatic carbocycles. The number of ether oxygens (including phenoxy) is 1. The number of piperidine rings is 1. The molecule has 0 radical (unpaired) electrons. The highest BCUT2D eigenvalue weighted by Crippen LogP contribution is 2.47. The Morgan fingerprint density at radius 2 is 1.67 bits per heavy atom. The van der Waals surface area contributed by atoms with Gasteiger partial charge in [0.1, 0.15) is 6.61 Å². The van der Waals surface area contributed by atoms with Crippen molar-refractivity contribution in [3.8, 4) is 0 Å². The highest BCUT2D eigenvalue weighted by molar-refractivity contribution is 5.87. The summed E-state index contributed by atoms with van der Waals surface area (Å²) in [5, 5.41) is 3.05. The average Bonchev–Trinajstić information content (AvgIpc) is 3.04. The number of hydrogen-bond acceptors (Lipinski definition) is 3. The Bertz CT molecular complexity index is 799. The van der Waals surface area contributed by atoms with Crippen molar-refractivity contribution in [2.45, 2.75) is 25.4 Å². The fraction of sp³-hybridized carbons (Fsp3) is 0.364. The van der Waals surface area contributed by atoms with Gasteiger partial charge in [-0.1, -0.05) is 60.7 Å². The van der Waals surface area contributed by atoms with E-state index in [9.17, 15) is 9.59 Å². The van der Waals surface area contributed by atoms with Gasteiger partial charge in [-0.05, 0) is 24.0 Å². The monoisotopic (exact) mass is 364 g/mol. The van der Waals surface area contributed by atoms with Crippen LogP contribution in [0.15, 0.2) is 60.7 Å². The molecule has 0 aromatic heterocycles. The third-order valence-corrected chi connectivity index (χ3v) is 5.91. The summed E-state index contributed by atoms with van der Waals surface area (Å²) in [6.07, 6.45) is 1.03. The van der Waals surface area contributed by atoms with Crippen LogP contribution in [0.5, 0.6) is 0 Å². The third kappa shape index (κ3) is 3.42. The molecule has 2 heterocycles. The molecule has 2 aliphatic rings. The van der Waals surface area contributed by atoms with Crippen molar-refractivity contribution in [3.63, 3.8) is 0 Å². The minimum atomic E-state index is -0.419. The number of nitrogens with zero attached hydrogens (tertiary/aromatic N) is 1. The zero-order chi connectivity index (χ0) is 18.7. The fourth-order valence-corrected chi connectivity index (χ4v) is 4.32. The molecule has 2 fully saturated rings. The molecule has 2 aromatic rings. The van der Waals surface area contributed by atoms with Crippen LogP contribution in [0.1, 0.15) is 29.9 Å². The van der Waals surface area contributed by atoms with E-state index in [1.807, 2.05) is 48.5 Å². The second kappa shape index (κ2) is 7.43. The Morgan fingerprint density at radius 3 is 2.33 bits per heavy atom. The van der Waals surface area contributed by atoms with Gasteiger partial charge in [-0.25, -0.2) is 4.79 Å². The number of likely N-dealkylation sites (tertiary alicyclic amines) is 1. The van der Waals surface area contributed by atoms with Gasteiger partial charge in [-0.3, -0.25) is 4.79 Å². The van der Waals surface area contributed by atoms with E-state index in [-0.39, 0.29) is 24.5 Å². The van der Waals surface area contributed by atoms with Crippen LogP contribution >= 0.6 is 0 Å². The molecule has 5 nitrogen and oxygen atoms in total. The molecule has 0 saturated carbocycles. The Hall–Kier alpha value is -2.82. The van der Waals surface area contributed by atoms with Crippen molar-refractivity contribution in [2.75, 3.05) is 19.6 Å². The van der Waals surface area contributed by atoms with E-state index in [1.165, 1.54) is 5.56 Å². The van der Waals surface area contributed by atoms with Gasteiger partial charge in [0.15, 0.2) is 0 Å². The third-order valence-electron chi connectivity index (χ3n) is 5.91. The maximum absolute atomic E-state index is 12.7. The summed E-state index contributed by atoms with van der Waals surface area (Å²) in [5.74, 6) is 0.280. The molecule has 0 aliphatic carbocycles. The molecular formula is C22H24N2O3. The van der Waals surface area contributed by atoms with Crippen molar-refractivity contribution in [1.29, 1.82) is 0 Å². The number of benzene rings is 2. The molecule has 1 N–H and O–H groups in total. The Labute approximate surface area is 159 Å². The van der Waals surface area contributed by atoms with Crippen LogP contribution in [0.2, 0.25) is 0 Å². The topological polar surface area (TPSA) is 58.6 Å². The van der Waals surface area contributed by atoms with E-state index in [0.29, 0.717) is 32.5 Å². The second-order valence-electron chi connectivity index (χ2n) is 7.36. The number of rotatable bonds is 3. The normalized spacial score (nSPS) is 21.1. The number of carbonyl (C=O) groups excluding carboxylic acids is 2. The molecule has 1 atom stereocenters. The van der Waals surface area contributed by atoms with Crippen molar-refractivity contribution < 1.29 is 14.3 Å². The predicted molar refractivity (Wildman–Crippen MR) is 102 cm³/mol. The van der Waals surface area contributed by atoms with Crippen molar-refractivity contribution in [2.24, 2.45) is 5.41 Å². The summed E-state index contributed by atoms with van der Waals surface area (Å²) in [6.45, 7) is 2.03. The zero-order valence-electron chi connectivity index (χ0n) is 15.3. The van der Waals surface area contributed by atoms with Crippen LogP contribution in [-0.2, 0) is 16.1 Å². The summed E-state index contributed by atoms with van der Waals surface area (Å²) in [5.41, 5.74) is 1.74. The Morgan fingerprint density at radius 1 is 1.04 bits per heavy atom. The van der Waals surface area contributed by atoms with Gasteiger partial charge in [0, 0.05) is 25.6 Å². The zero-order valence-corrected chi connectivity index (χ0v) is 15.3. The largest absolute Gasteiger partial charge is 0.445 e. The van der Waals surface area contributed by atoms with Gasteiger partial charge < -0.3 is 15.0 Å². The lowest BCUT2D eigenvalue weighted by molar-refractivity contribution is -0.130. The van der Waals surface area contributed by atoms with E-state index in [1.54, 1.807) is 4.90 Å². The molecule has 27 heavy (non-hydrogen) atoms. The first-order valence-electron chi connectivity index (χ1n) is 9.48. The highest BCUT2D eigenvalue weighted by atomic mass is 16.6. The lowest BCUT2D eigenvalue weighted by atomic mass is 9.68. The van der Waals surface area contributed by atoms with E-state index in [2.05, 4.69) is 17.4 Å². The number of hydrogen-bond donors (Lipinski definition) is 1. The maximum Gasteiger partial charge on any atom is 0.410 e. The number of nitrogens with one attached hydrogen (secondary N) is 1. The van der Waals surface area contributed by atoms with Gasteiger partial charge in [-0.2, -0.15) is 0 Å².